The van der Waals surface area contributed by atoms with E-state index in [4.69, 9.17) is 0 Å². The van der Waals surface area contributed by atoms with Crippen LogP contribution in [0.4, 0.5) is 0 Å². The molecule has 1 aromatic heterocycles. The third-order valence-corrected chi connectivity index (χ3v) is 3.86. The second-order valence-corrected chi connectivity index (χ2v) is 5.35. The maximum Gasteiger partial charge on any atom is 0.143 e. The van der Waals surface area contributed by atoms with Crippen LogP contribution < -0.4 is 0 Å². The third-order valence-electron chi connectivity index (χ3n) is 3.86. The van der Waals surface area contributed by atoms with Crippen molar-refractivity contribution in [2.24, 2.45) is 5.92 Å². The summed E-state index contributed by atoms with van der Waals surface area (Å²) >= 11 is 0. The van der Waals surface area contributed by atoms with Crippen molar-refractivity contribution in [3.05, 3.63) is 54.1 Å². The predicted octanol–water partition coefficient (Wildman–Crippen LogP) is 3.05. The van der Waals surface area contributed by atoms with Crippen LogP contribution in [0.15, 0.2) is 42.7 Å². The number of hydrogen-bond donors (Lipinski definition) is 0. The summed E-state index contributed by atoms with van der Waals surface area (Å²) in [6.07, 6.45) is 4.78. The Hall–Kier alpha value is -2.23. The molecule has 0 aliphatic carbocycles. The zero-order valence-electron chi connectivity index (χ0n) is 13.2. The van der Waals surface area contributed by atoms with E-state index < -0.39 is 5.92 Å². The van der Waals surface area contributed by atoms with Gasteiger partial charge in [-0.3, -0.25) is 9.59 Å². The first kappa shape index (κ1) is 16.1. The van der Waals surface area contributed by atoms with Crippen molar-refractivity contribution in [1.29, 1.82) is 0 Å². The summed E-state index contributed by atoms with van der Waals surface area (Å²) in [5, 5.41) is 0. The minimum atomic E-state index is -0.563. The number of ketones is 2. The zero-order valence-corrected chi connectivity index (χ0v) is 13.2. The number of benzene rings is 1. The molecule has 0 bridgehead atoms. The summed E-state index contributed by atoms with van der Waals surface area (Å²) in [5.74, 6) is 0.228. The third kappa shape index (κ3) is 3.91. The van der Waals surface area contributed by atoms with Crippen molar-refractivity contribution < 1.29 is 9.59 Å². The van der Waals surface area contributed by atoms with E-state index in [0.717, 1.165) is 5.82 Å². The van der Waals surface area contributed by atoms with Gasteiger partial charge in [0.1, 0.15) is 17.4 Å². The largest absolute Gasteiger partial charge is 0.330 e. The lowest BCUT2D eigenvalue weighted by Gasteiger charge is -2.14. The van der Waals surface area contributed by atoms with Crippen molar-refractivity contribution in [2.75, 3.05) is 0 Å². The number of aromatic nitrogens is 2. The van der Waals surface area contributed by atoms with Crippen molar-refractivity contribution in [1.82, 2.24) is 9.55 Å². The van der Waals surface area contributed by atoms with Gasteiger partial charge in [0.05, 0.1) is 5.92 Å². The fraction of sp³-hybridized carbons (Fsp3) is 0.389. The number of rotatable bonds is 8. The van der Waals surface area contributed by atoms with Crippen LogP contribution in [0.25, 0.3) is 0 Å². The summed E-state index contributed by atoms with van der Waals surface area (Å²) in [6.45, 7) is 4.30. The highest BCUT2D eigenvalue weighted by Gasteiger charge is 2.25. The number of carbonyl (C=O) groups is 2. The Balaban J connectivity index is 2.17. The number of nitrogens with zero attached hydrogens (tertiary/aromatic N) is 2. The van der Waals surface area contributed by atoms with E-state index in [0.29, 0.717) is 25.8 Å². The second-order valence-electron chi connectivity index (χ2n) is 5.35. The molecule has 4 heteroatoms. The summed E-state index contributed by atoms with van der Waals surface area (Å²) < 4.78 is 2.01. The summed E-state index contributed by atoms with van der Waals surface area (Å²) in [5.41, 5.74) is 1.17. The molecule has 2 aromatic rings. The Morgan fingerprint density at radius 2 is 1.73 bits per heavy atom. The molecule has 2 rings (SSSR count). The van der Waals surface area contributed by atoms with Crippen LogP contribution >= 0.6 is 0 Å². The van der Waals surface area contributed by atoms with Gasteiger partial charge in [0.2, 0.25) is 0 Å². The Labute approximate surface area is 131 Å². The maximum atomic E-state index is 12.1. The van der Waals surface area contributed by atoms with E-state index in [1.807, 2.05) is 29.0 Å². The number of imidazole rings is 1. The van der Waals surface area contributed by atoms with Crippen molar-refractivity contribution in [3.63, 3.8) is 0 Å². The van der Waals surface area contributed by atoms with Crippen LogP contribution in [0.2, 0.25) is 0 Å². The van der Waals surface area contributed by atoms with Gasteiger partial charge in [-0.05, 0) is 5.56 Å². The molecule has 0 spiro atoms. The standard InChI is InChI=1S/C18H22N2O2/c1-3-16(21)15(17(22)4-2)12-18-19-10-11-20(18)13-14-8-6-5-7-9-14/h5-11,15H,3-4,12-13H2,1-2H3. The van der Waals surface area contributed by atoms with Gasteiger partial charge in [0.15, 0.2) is 0 Å². The highest BCUT2D eigenvalue weighted by Crippen LogP contribution is 2.15. The van der Waals surface area contributed by atoms with Crippen molar-refractivity contribution >= 4 is 11.6 Å². The SMILES string of the molecule is CCC(=O)C(Cc1nccn1Cc1ccccc1)C(=O)CC. The molecule has 0 radical (unpaired) electrons. The average Bonchev–Trinajstić information content (AvgIpc) is 2.99. The molecule has 0 N–H and O–H groups in total. The van der Waals surface area contributed by atoms with E-state index in [1.54, 1.807) is 20.0 Å². The van der Waals surface area contributed by atoms with Crippen LogP contribution in [0, 0.1) is 5.92 Å². The minimum absolute atomic E-state index is 0.00103. The number of carbonyl (C=O) groups excluding carboxylic acids is 2. The summed E-state index contributed by atoms with van der Waals surface area (Å²) in [6, 6.07) is 10.1. The molecule has 1 heterocycles. The smallest absolute Gasteiger partial charge is 0.143 e. The highest BCUT2D eigenvalue weighted by atomic mass is 16.1. The molecule has 0 saturated carbocycles. The van der Waals surface area contributed by atoms with E-state index in [-0.39, 0.29) is 11.6 Å². The van der Waals surface area contributed by atoms with Crippen molar-refractivity contribution in [3.8, 4) is 0 Å². The van der Waals surface area contributed by atoms with E-state index >= 15 is 0 Å². The topological polar surface area (TPSA) is 52.0 Å². The fourth-order valence-corrected chi connectivity index (χ4v) is 2.54. The molecule has 0 unspecified atom stereocenters. The number of hydrogen-bond acceptors (Lipinski definition) is 3. The molecule has 0 amide bonds. The first-order chi connectivity index (χ1) is 10.7. The molecular formula is C18H22N2O2. The first-order valence-electron chi connectivity index (χ1n) is 7.75. The van der Waals surface area contributed by atoms with Gasteiger partial charge in [0, 0.05) is 38.2 Å². The first-order valence-corrected chi connectivity index (χ1v) is 7.75. The van der Waals surface area contributed by atoms with Crippen molar-refractivity contribution in [2.45, 2.75) is 39.7 Å². The van der Waals surface area contributed by atoms with Gasteiger partial charge in [0.25, 0.3) is 0 Å². The van der Waals surface area contributed by atoms with Gasteiger partial charge in [-0.25, -0.2) is 4.98 Å². The predicted molar refractivity (Wildman–Crippen MR) is 85.6 cm³/mol. The van der Waals surface area contributed by atoms with Gasteiger partial charge < -0.3 is 4.57 Å². The Kier molecular flexibility index (Phi) is 5.64. The molecule has 22 heavy (non-hydrogen) atoms. The molecule has 116 valence electrons. The Morgan fingerprint density at radius 3 is 2.32 bits per heavy atom. The van der Waals surface area contributed by atoms with Crippen LogP contribution in [0.5, 0.6) is 0 Å². The molecule has 0 aliphatic rings. The molecule has 0 aliphatic heterocycles. The van der Waals surface area contributed by atoms with Gasteiger partial charge in [-0.15, -0.1) is 0 Å². The minimum Gasteiger partial charge on any atom is -0.330 e. The Bertz CT molecular complexity index is 616. The maximum absolute atomic E-state index is 12.1. The van der Waals surface area contributed by atoms with Crippen LogP contribution in [-0.2, 0) is 22.6 Å². The van der Waals surface area contributed by atoms with E-state index in [2.05, 4.69) is 17.1 Å². The molecule has 0 fully saturated rings. The number of Topliss-reactive ketones (excluding diaryl/α,β-unsaturated/α-hetero) is 2. The molecule has 0 atom stereocenters. The molecule has 0 saturated heterocycles. The van der Waals surface area contributed by atoms with E-state index in [1.165, 1.54) is 5.56 Å². The molecular weight excluding hydrogens is 276 g/mol. The molecule has 4 nitrogen and oxygen atoms in total. The monoisotopic (exact) mass is 298 g/mol. The zero-order chi connectivity index (χ0) is 15.9. The van der Waals surface area contributed by atoms with E-state index in [9.17, 15) is 9.59 Å². The quantitative estimate of drug-likeness (QED) is 0.704. The normalized spacial score (nSPS) is 10.9. The van der Waals surface area contributed by atoms with Crippen LogP contribution in [0.3, 0.4) is 0 Å². The molecule has 1 aromatic carbocycles. The van der Waals surface area contributed by atoms with Crippen LogP contribution in [0.1, 0.15) is 38.1 Å². The lowest BCUT2D eigenvalue weighted by atomic mass is 9.92. The second kappa shape index (κ2) is 7.69. The summed E-state index contributed by atoms with van der Waals surface area (Å²) in [7, 11) is 0. The van der Waals surface area contributed by atoms with Crippen LogP contribution in [-0.4, -0.2) is 21.1 Å². The lowest BCUT2D eigenvalue weighted by molar-refractivity contribution is -0.132. The highest BCUT2D eigenvalue weighted by molar-refractivity contribution is 6.02. The van der Waals surface area contributed by atoms with Gasteiger partial charge in [-0.1, -0.05) is 44.2 Å². The van der Waals surface area contributed by atoms with Gasteiger partial charge >= 0.3 is 0 Å². The lowest BCUT2D eigenvalue weighted by Crippen LogP contribution is -2.26. The van der Waals surface area contributed by atoms with Gasteiger partial charge in [-0.2, -0.15) is 0 Å². The Morgan fingerprint density at radius 1 is 1.09 bits per heavy atom. The average molecular weight is 298 g/mol. The fourth-order valence-electron chi connectivity index (χ4n) is 2.54. The summed E-state index contributed by atoms with van der Waals surface area (Å²) in [4.78, 5) is 28.4.